The zero-order chi connectivity index (χ0) is 18.6. The summed E-state index contributed by atoms with van der Waals surface area (Å²) in [4.78, 5) is 20.0. The first-order valence-corrected chi connectivity index (χ1v) is 9.22. The summed E-state index contributed by atoms with van der Waals surface area (Å²) in [5.74, 6) is 0.0223. The average molecular weight is 368 g/mol. The van der Waals surface area contributed by atoms with Gasteiger partial charge in [-0.15, -0.1) is 0 Å². The van der Waals surface area contributed by atoms with Gasteiger partial charge in [-0.05, 0) is 24.6 Å². The lowest BCUT2D eigenvalue weighted by Gasteiger charge is -2.12. The normalized spacial score (nSPS) is 11.0. The van der Waals surface area contributed by atoms with Gasteiger partial charge in [-0.2, -0.15) is 0 Å². The summed E-state index contributed by atoms with van der Waals surface area (Å²) in [6, 6.07) is 16.3. The lowest BCUT2D eigenvalue weighted by Crippen LogP contribution is -2.35. The lowest BCUT2D eigenvalue weighted by atomic mass is 10.1. The number of benzene rings is 2. The molecule has 26 heavy (non-hydrogen) atoms. The monoisotopic (exact) mass is 368 g/mol. The Morgan fingerprint density at radius 3 is 2.38 bits per heavy atom. The largest absolute Gasteiger partial charge is 0.335 e. The summed E-state index contributed by atoms with van der Waals surface area (Å²) in [6.07, 6.45) is 1.47. The number of hydrogen-bond donors (Lipinski definition) is 2. The van der Waals surface area contributed by atoms with Crippen molar-refractivity contribution >= 4 is 22.0 Å². The molecule has 1 aromatic heterocycles. The predicted octanol–water partition coefficient (Wildman–Crippen LogP) is 2.96. The van der Waals surface area contributed by atoms with Crippen LogP contribution in [0.3, 0.4) is 0 Å². The molecule has 0 fully saturated rings. The SMILES string of the molecule is Cc1ccnc(NC(=O)NS(=O)(=O)c2ccccc2-c2ccccc2)n1. The van der Waals surface area contributed by atoms with Crippen molar-refractivity contribution in [1.29, 1.82) is 0 Å². The first-order chi connectivity index (χ1) is 12.5. The Labute approximate surface area is 151 Å². The summed E-state index contributed by atoms with van der Waals surface area (Å²) in [6.45, 7) is 1.73. The van der Waals surface area contributed by atoms with E-state index in [1.165, 1.54) is 12.3 Å². The summed E-state index contributed by atoms with van der Waals surface area (Å²) >= 11 is 0. The second-order valence-corrected chi connectivity index (χ2v) is 7.09. The molecule has 0 bridgehead atoms. The fraction of sp³-hybridized carbons (Fsp3) is 0.0556. The van der Waals surface area contributed by atoms with Crippen molar-refractivity contribution in [3.63, 3.8) is 0 Å². The zero-order valence-electron chi connectivity index (χ0n) is 13.9. The van der Waals surface area contributed by atoms with Crippen LogP contribution < -0.4 is 10.0 Å². The zero-order valence-corrected chi connectivity index (χ0v) is 14.7. The van der Waals surface area contributed by atoms with E-state index in [4.69, 9.17) is 0 Å². The molecule has 2 N–H and O–H groups in total. The fourth-order valence-electron chi connectivity index (χ4n) is 2.37. The van der Waals surface area contributed by atoms with Gasteiger partial charge in [0.25, 0.3) is 10.0 Å². The highest BCUT2D eigenvalue weighted by Gasteiger charge is 2.22. The average Bonchev–Trinajstić information content (AvgIpc) is 2.62. The van der Waals surface area contributed by atoms with E-state index in [1.807, 2.05) is 22.9 Å². The van der Waals surface area contributed by atoms with Crippen LogP contribution in [0.4, 0.5) is 10.7 Å². The number of sulfonamides is 1. The van der Waals surface area contributed by atoms with E-state index in [9.17, 15) is 13.2 Å². The van der Waals surface area contributed by atoms with Gasteiger partial charge in [-0.3, -0.25) is 5.32 Å². The summed E-state index contributed by atoms with van der Waals surface area (Å²) in [5.41, 5.74) is 1.88. The van der Waals surface area contributed by atoms with E-state index in [0.29, 0.717) is 11.3 Å². The number of anilines is 1. The Morgan fingerprint density at radius 2 is 1.65 bits per heavy atom. The van der Waals surface area contributed by atoms with Crippen molar-refractivity contribution in [3.8, 4) is 11.1 Å². The molecule has 0 aliphatic heterocycles. The van der Waals surface area contributed by atoms with Crippen molar-refractivity contribution in [2.45, 2.75) is 11.8 Å². The molecule has 0 aliphatic carbocycles. The lowest BCUT2D eigenvalue weighted by molar-refractivity contribution is 0.256. The first kappa shape index (κ1) is 17.6. The molecule has 2 aromatic carbocycles. The third kappa shape index (κ3) is 4.04. The van der Waals surface area contributed by atoms with Gasteiger partial charge in [0.05, 0.1) is 4.90 Å². The minimum Gasteiger partial charge on any atom is -0.275 e. The van der Waals surface area contributed by atoms with Crippen LogP contribution in [0.2, 0.25) is 0 Å². The quantitative estimate of drug-likeness (QED) is 0.737. The van der Waals surface area contributed by atoms with Gasteiger partial charge in [0, 0.05) is 17.5 Å². The maximum absolute atomic E-state index is 12.7. The molecule has 0 unspecified atom stereocenters. The van der Waals surface area contributed by atoms with Crippen LogP contribution in [0.25, 0.3) is 11.1 Å². The summed E-state index contributed by atoms with van der Waals surface area (Å²) in [7, 11) is -4.09. The summed E-state index contributed by atoms with van der Waals surface area (Å²) in [5, 5.41) is 2.32. The van der Waals surface area contributed by atoms with Crippen molar-refractivity contribution in [3.05, 3.63) is 72.6 Å². The number of amides is 2. The molecule has 0 radical (unpaired) electrons. The number of nitrogens with zero attached hydrogens (tertiary/aromatic N) is 2. The van der Waals surface area contributed by atoms with Crippen LogP contribution in [0, 0.1) is 6.92 Å². The van der Waals surface area contributed by atoms with Crippen LogP contribution in [0.15, 0.2) is 71.8 Å². The van der Waals surface area contributed by atoms with Crippen molar-refractivity contribution < 1.29 is 13.2 Å². The Bertz CT molecular complexity index is 1040. The molecule has 0 atom stereocenters. The molecule has 3 aromatic rings. The van der Waals surface area contributed by atoms with E-state index in [-0.39, 0.29) is 10.8 Å². The number of carbonyl (C=O) groups excluding carboxylic acids is 1. The molecule has 0 saturated carbocycles. The predicted molar refractivity (Wildman–Crippen MR) is 98.0 cm³/mol. The van der Waals surface area contributed by atoms with Gasteiger partial charge in [-0.25, -0.2) is 27.9 Å². The molecule has 3 rings (SSSR count). The highest BCUT2D eigenvalue weighted by Crippen LogP contribution is 2.26. The van der Waals surface area contributed by atoms with Gasteiger partial charge in [0.15, 0.2) is 0 Å². The minimum absolute atomic E-state index is 0.00603. The van der Waals surface area contributed by atoms with Gasteiger partial charge in [-0.1, -0.05) is 48.5 Å². The number of rotatable bonds is 4. The van der Waals surface area contributed by atoms with Gasteiger partial charge < -0.3 is 0 Å². The molecule has 0 saturated heterocycles. The Balaban J connectivity index is 1.86. The molecule has 2 amide bonds. The Hall–Kier alpha value is -3.26. The molecule has 0 aliphatic rings. The minimum atomic E-state index is -4.09. The number of aryl methyl sites for hydroxylation is 1. The molecule has 1 heterocycles. The second-order valence-electron chi connectivity index (χ2n) is 5.44. The van der Waals surface area contributed by atoms with E-state index in [2.05, 4.69) is 15.3 Å². The third-order valence-electron chi connectivity index (χ3n) is 3.51. The standard InChI is InChI=1S/C18H16N4O3S/c1-13-11-12-19-17(20-13)21-18(23)22-26(24,25)16-10-6-5-9-15(16)14-7-3-2-4-8-14/h2-12H,1H3,(H2,19,20,21,22,23). The van der Waals surface area contributed by atoms with Crippen LogP contribution >= 0.6 is 0 Å². The maximum Gasteiger partial charge on any atom is 0.335 e. The molecule has 132 valence electrons. The van der Waals surface area contributed by atoms with Crippen molar-refractivity contribution in [1.82, 2.24) is 14.7 Å². The van der Waals surface area contributed by atoms with E-state index >= 15 is 0 Å². The molecular formula is C18H16N4O3S. The Morgan fingerprint density at radius 1 is 0.962 bits per heavy atom. The van der Waals surface area contributed by atoms with Crippen LogP contribution in [0.5, 0.6) is 0 Å². The van der Waals surface area contributed by atoms with Gasteiger partial charge in [0.2, 0.25) is 5.95 Å². The van der Waals surface area contributed by atoms with E-state index < -0.39 is 16.1 Å². The molecular weight excluding hydrogens is 352 g/mol. The van der Waals surface area contributed by atoms with E-state index in [0.717, 1.165) is 5.56 Å². The van der Waals surface area contributed by atoms with Gasteiger partial charge in [0.1, 0.15) is 0 Å². The van der Waals surface area contributed by atoms with Crippen molar-refractivity contribution in [2.75, 3.05) is 5.32 Å². The number of nitrogens with one attached hydrogen (secondary N) is 2. The smallest absolute Gasteiger partial charge is 0.275 e. The van der Waals surface area contributed by atoms with Crippen LogP contribution in [-0.4, -0.2) is 24.4 Å². The Kier molecular flexibility index (Phi) is 4.94. The number of carbonyl (C=O) groups is 1. The first-order valence-electron chi connectivity index (χ1n) is 7.73. The number of hydrogen-bond acceptors (Lipinski definition) is 5. The second kappa shape index (κ2) is 7.32. The van der Waals surface area contributed by atoms with Crippen LogP contribution in [-0.2, 0) is 10.0 Å². The molecule has 8 heteroatoms. The fourth-order valence-corrected chi connectivity index (χ4v) is 3.51. The molecule has 7 nitrogen and oxygen atoms in total. The molecule has 0 spiro atoms. The highest BCUT2D eigenvalue weighted by molar-refractivity contribution is 7.90. The number of aromatic nitrogens is 2. The maximum atomic E-state index is 12.7. The number of urea groups is 1. The highest BCUT2D eigenvalue weighted by atomic mass is 32.2. The third-order valence-corrected chi connectivity index (χ3v) is 4.90. The van der Waals surface area contributed by atoms with Gasteiger partial charge >= 0.3 is 6.03 Å². The summed E-state index contributed by atoms with van der Waals surface area (Å²) < 4.78 is 27.4. The van der Waals surface area contributed by atoms with Crippen LogP contribution in [0.1, 0.15) is 5.69 Å². The van der Waals surface area contributed by atoms with Crippen molar-refractivity contribution in [2.24, 2.45) is 0 Å². The van der Waals surface area contributed by atoms with E-state index in [1.54, 1.807) is 43.3 Å². The topological polar surface area (TPSA) is 101 Å².